The van der Waals surface area contributed by atoms with Crippen molar-refractivity contribution >= 4 is 0 Å². The number of nitrogens with zero attached hydrogens (tertiary/aromatic N) is 1. The summed E-state index contributed by atoms with van der Waals surface area (Å²) in [5, 5.41) is 9.92. The van der Waals surface area contributed by atoms with E-state index in [9.17, 15) is 5.11 Å². The minimum absolute atomic E-state index is 0.0572. The highest BCUT2D eigenvalue weighted by Gasteiger charge is 2.28. The Hall–Kier alpha value is -0.120. The Bertz CT molecular complexity index is 196. The Balaban J connectivity index is 2.22. The number of β-amino-alcohol motifs (C(OH)–C–C–N with tert-alkyl or cyclic N) is 1. The number of ether oxygens (including phenoxy) is 1. The second-order valence-electron chi connectivity index (χ2n) is 5.84. The van der Waals surface area contributed by atoms with E-state index in [4.69, 9.17) is 4.74 Å². The van der Waals surface area contributed by atoms with Gasteiger partial charge in [0.05, 0.1) is 17.8 Å². The van der Waals surface area contributed by atoms with Crippen molar-refractivity contribution in [2.75, 3.05) is 26.2 Å². The molecule has 0 aromatic carbocycles. The van der Waals surface area contributed by atoms with E-state index in [0.717, 1.165) is 39.1 Å². The lowest BCUT2D eigenvalue weighted by Gasteiger charge is -2.37. The van der Waals surface area contributed by atoms with E-state index < -0.39 is 5.60 Å². The van der Waals surface area contributed by atoms with Crippen LogP contribution in [-0.2, 0) is 4.74 Å². The van der Waals surface area contributed by atoms with Gasteiger partial charge in [-0.15, -0.1) is 0 Å². The number of likely N-dealkylation sites (tertiary alicyclic amines) is 1. The predicted molar refractivity (Wildman–Crippen MR) is 62.0 cm³/mol. The average molecular weight is 215 g/mol. The second kappa shape index (κ2) is 4.81. The van der Waals surface area contributed by atoms with Gasteiger partial charge in [-0.3, -0.25) is 4.90 Å². The molecule has 1 saturated heterocycles. The van der Waals surface area contributed by atoms with E-state index in [2.05, 4.69) is 25.7 Å². The molecule has 1 aliphatic rings. The first-order chi connectivity index (χ1) is 6.79. The second-order valence-corrected chi connectivity index (χ2v) is 5.84. The van der Waals surface area contributed by atoms with Crippen LogP contribution in [0.1, 0.15) is 40.5 Å². The molecule has 0 bridgehead atoms. The Labute approximate surface area is 93.4 Å². The van der Waals surface area contributed by atoms with Crippen molar-refractivity contribution in [3.05, 3.63) is 0 Å². The van der Waals surface area contributed by atoms with Crippen LogP contribution in [0.3, 0.4) is 0 Å². The van der Waals surface area contributed by atoms with Crippen LogP contribution in [0.5, 0.6) is 0 Å². The molecule has 0 aromatic heterocycles. The fourth-order valence-corrected chi connectivity index (χ4v) is 2.00. The van der Waals surface area contributed by atoms with Crippen molar-refractivity contribution in [3.8, 4) is 0 Å². The molecular weight excluding hydrogens is 190 g/mol. The maximum atomic E-state index is 9.92. The van der Waals surface area contributed by atoms with Gasteiger partial charge in [-0.2, -0.15) is 0 Å². The monoisotopic (exact) mass is 215 g/mol. The van der Waals surface area contributed by atoms with E-state index in [1.807, 2.05) is 6.92 Å². The normalized spacial score (nSPS) is 29.4. The van der Waals surface area contributed by atoms with Crippen molar-refractivity contribution in [1.82, 2.24) is 4.90 Å². The summed E-state index contributed by atoms with van der Waals surface area (Å²) < 4.78 is 5.68. The molecule has 0 aliphatic carbocycles. The summed E-state index contributed by atoms with van der Waals surface area (Å²) in [6.07, 6.45) is 2.01. The molecule has 0 aromatic rings. The van der Waals surface area contributed by atoms with E-state index >= 15 is 0 Å². The molecule has 0 saturated carbocycles. The molecule has 15 heavy (non-hydrogen) atoms. The Morgan fingerprint density at radius 2 is 2.07 bits per heavy atom. The minimum Gasteiger partial charge on any atom is -0.389 e. The number of piperidine rings is 1. The first-order valence-electron chi connectivity index (χ1n) is 5.87. The van der Waals surface area contributed by atoms with Gasteiger partial charge in [0.2, 0.25) is 0 Å². The summed E-state index contributed by atoms with van der Waals surface area (Å²) in [5.41, 5.74) is -0.557. The summed E-state index contributed by atoms with van der Waals surface area (Å²) in [6.45, 7) is 11.7. The zero-order chi connectivity index (χ0) is 11.5. The van der Waals surface area contributed by atoms with Crippen LogP contribution in [0.15, 0.2) is 0 Å². The lowest BCUT2D eigenvalue weighted by Crippen LogP contribution is -2.47. The van der Waals surface area contributed by atoms with Gasteiger partial charge >= 0.3 is 0 Å². The lowest BCUT2D eigenvalue weighted by molar-refractivity contribution is -0.0449. The molecule has 1 rings (SSSR count). The third-order valence-electron chi connectivity index (χ3n) is 2.70. The highest BCUT2D eigenvalue weighted by molar-refractivity contribution is 4.82. The fourth-order valence-electron chi connectivity index (χ4n) is 2.00. The lowest BCUT2D eigenvalue weighted by atomic mass is 9.95. The highest BCUT2D eigenvalue weighted by Crippen LogP contribution is 2.20. The van der Waals surface area contributed by atoms with Crippen LogP contribution in [0.4, 0.5) is 0 Å². The van der Waals surface area contributed by atoms with Crippen LogP contribution in [-0.4, -0.2) is 47.4 Å². The van der Waals surface area contributed by atoms with Crippen LogP contribution in [0.25, 0.3) is 0 Å². The van der Waals surface area contributed by atoms with Crippen LogP contribution in [0, 0.1) is 0 Å². The van der Waals surface area contributed by atoms with Gasteiger partial charge in [-0.1, -0.05) is 0 Å². The topological polar surface area (TPSA) is 32.7 Å². The number of aliphatic hydroxyl groups is 1. The standard InChI is InChI=1S/C12H25NO2/c1-11(2,3)15-9-8-13-7-5-6-12(4,14)10-13/h14H,5-10H2,1-4H3. The first-order valence-corrected chi connectivity index (χ1v) is 5.87. The van der Waals surface area contributed by atoms with Crippen molar-refractivity contribution < 1.29 is 9.84 Å². The van der Waals surface area contributed by atoms with E-state index in [-0.39, 0.29) is 5.60 Å². The Morgan fingerprint density at radius 1 is 1.40 bits per heavy atom. The number of rotatable bonds is 3. The molecule has 1 N–H and O–H groups in total. The molecule has 3 heteroatoms. The zero-order valence-corrected chi connectivity index (χ0v) is 10.5. The van der Waals surface area contributed by atoms with Crippen LogP contribution < -0.4 is 0 Å². The molecule has 1 unspecified atom stereocenters. The van der Waals surface area contributed by atoms with Crippen molar-refractivity contribution in [2.45, 2.75) is 51.7 Å². The van der Waals surface area contributed by atoms with Gasteiger partial charge in [-0.25, -0.2) is 0 Å². The third-order valence-corrected chi connectivity index (χ3v) is 2.70. The summed E-state index contributed by atoms with van der Waals surface area (Å²) >= 11 is 0. The average Bonchev–Trinajstić information content (AvgIpc) is 1.99. The molecule has 1 aliphatic heterocycles. The molecule has 3 nitrogen and oxygen atoms in total. The molecule has 1 heterocycles. The molecule has 1 atom stereocenters. The third kappa shape index (κ3) is 5.50. The van der Waals surface area contributed by atoms with Gasteiger partial charge in [-0.05, 0) is 47.1 Å². The highest BCUT2D eigenvalue weighted by atomic mass is 16.5. The van der Waals surface area contributed by atoms with Gasteiger partial charge in [0.1, 0.15) is 0 Å². The Kier molecular flexibility index (Phi) is 4.15. The molecule has 0 spiro atoms. The van der Waals surface area contributed by atoms with E-state index in [1.54, 1.807) is 0 Å². The number of hydrogen-bond donors (Lipinski definition) is 1. The van der Waals surface area contributed by atoms with Crippen molar-refractivity contribution in [3.63, 3.8) is 0 Å². The van der Waals surface area contributed by atoms with Gasteiger partial charge in [0.15, 0.2) is 0 Å². The molecule has 1 fully saturated rings. The van der Waals surface area contributed by atoms with Crippen molar-refractivity contribution in [1.29, 1.82) is 0 Å². The molecule has 90 valence electrons. The predicted octanol–water partition coefficient (Wildman–Crippen LogP) is 1.65. The van der Waals surface area contributed by atoms with Gasteiger partial charge in [0, 0.05) is 13.1 Å². The van der Waals surface area contributed by atoms with Gasteiger partial charge in [0.25, 0.3) is 0 Å². The first kappa shape index (κ1) is 12.9. The summed E-state index contributed by atoms with van der Waals surface area (Å²) in [6, 6.07) is 0. The summed E-state index contributed by atoms with van der Waals surface area (Å²) in [5.74, 6) is 0. The van der Waals surface area contributed by atoms with Gasteiger partial charge < -0.3 is 9.84 Å². The molecule has 0 radical (unpaired) electrons. The SMILES string of the molecule is CC1(O)CCCN(CCOC(C)(C)C)C1. The van der Waals surface area contributed by atoms with Crippen molar-refractivity contribution in [2.24, 2.45) is 0 Å². The maximum absolute atomic E-state index is 9.92. The van der Waals surface area contributed by atoms with E-state index in [1.165, 1.54) is 0 Å². The Morgan fingerprint density at radius 3 is 2.60 bits per heavy atom. The molecular formula is C12H25NO2. The van der Waals surface area contributed by atoms with E-state index in [0.29, 0.717) is 0 Å². The summed E-state index contributed by atoms with van der Waals surface area (Å²) in [7, 11) is 0. The smallest absolute Gasteiger partial charge is 0.0746 e. The largest absolute Gasteiger partial charge is 0.389 e. The zero-order valence-electron chi connectivity index (χ0n) is 10.5. The molecule has 0 amide bonds. The fraction of sp³-hybridized carbons (Fsp3) is 1.00. The van der Waals surface area contributed by atoms with Crippen LogP contribution >= 0.6 is 0 Å². The quantitative estimate of drug-likeness (QED) is 0.777. The minimum atomic E-state index is -0.500. The van der Waals surface area contributed by atoms with Crippen LogP contribution in [0.2, 0.25) is 0 Å². The maximum Gasteiger partial charge on any atom is 0.0746 e. The number of hydrogen-bond acceptors (Lipinski definition) is 3. The summed E-state index contributed by atoms with van der Waals surface area (Å²) in [4.78, 5) is 2.29.